The molecule has 1 aliphatic carbocycles. The van der Waals surface area contributed by atoms with Crippen LogP contribution in [0.1, 0.15) is 34.3 Å². The van der Waals surface area contributed by atoms with E-state index in [1.807, 2.05) is 48.2 Å². The van der Waals surface area contributed by atoms with Crippen LogP contribution in [0.15, 0.2) is 36.4 Å². The van der Waals surface area contributed by atoms with Crippen molar-refractivity contribution >= 4 is 5.91 Å². The highest BCUT2D eigenvalue weighted by Gasteiger charge is 2.34. The molecule has 0 N–H and O–H groups in total. The average Bonchev–Trinajstić information content (AvgIpc) is 3.50. The maximum absolute atomic E-state index is 13.2. The van der Waals surface area contributed by atoms with Crippen molar-refractivity contribution in [3.05, 3.63) is 53.1 Å². The van der Waals surface area contributed by atoms with Crippen molar-refractivity contribution < 1.29 is 19.0 Å². The molecule has 0 spiro atoms. The molecule has 5 heteroatoms. The van der Waals surface area contributed by atoms with Gasteiger partial charge in [0.15, 0.2) is 0 Å². The SMILES string of the molecule is COc1ccc(OC)c(CN(C(=O)c2ccc(C)c(OC)c2)C2CC2)c1. The first-order valence-electron chi connectivity index (χ1n) is 8.74. The van der Waals surface area contributed by atoms with E-state index in [1.54, 1.807) is 21.3 Å². The molecule has 1 aliphatic rings. The minimum absolute atomic E-state index is 0.00988. The lowest BCUT2D eigenvalue weighted by Gasteiger charge is -2.24. The number of nitrogens with zero attached hydrogens (tertiary/aromatic N) is 1. The predicted octanol–water partition coefficient (Wildman–Crippen LogP) is 3.83. The maximum atomic E-state index is 13.2. The van der Waals surface area contributed by atoms with E-state index in [0.29, 0.717) is 12.1 Å². The number of amides is 1. The number of aryl methyl sites for hydroxylation is 1. The van der Waals surface area contributed by atoms with Crippen molar-refractivity contribution in [2.24, 2.45) is 0 Å². The molecular weight excluding hydrogens is 330 g/mol. The van der Waals surface area contributed by atoms with E-state index in [0.717, 1.165) is 41.2 Å². The molecule has 2 aromatic rings. The largest absolute Gasteiger partial charge is 0.497 e. The van der Waals surface area contributed by atoms with Gasteiger partial charge in [0.05, 0.1) is 27.9 Å². The fourth-order valence-corrected chi connectivity index (χ4v) is 3.06. The quantitative estimate of drug-likeness (QED) is 0.757. The Morgan fingerprint density at radius 3 is 2.35 bits per heavy atom. The van der Waals surface area contributed by atoms with Crippen molar-refractivity contribution in [3.63, 3.8) is 0 Å². The van der Waals surface area contributed by atoms with E-state index in [2.05, 4.69) is 0 Å². The fourth-order valence-electron chi connectivity index (χ4n) is 3.06. The van der Waals surface area contributed by atoms with Crippen molar-refractivity contribution in [1.29, 1.82) is 0 Å². The number of methoxy groups -OCH3 is 3. The van der Waals surface area contributed by atoms with Crippen LogP contribution in [-0.2, 0) is 6.54 Å². The zero-order valence-corrected chi connectivity index (χ0v) is 15.7. The summed E-state index contributed by atoms with van der Waals surface area (Å²) in [6.07, 6.45) is 2.06. The van der Waals surface area contributed by atoms with Gasteiger partial charge in [-0.3, -0.25) is 4.79 Å². The second kappa shape index (κ2) is 7.68. The summed E-state index contributed by atoms with van der Waals surface area (Å²) in [7, 11) is 4.89. The molecule has 26 heavy (non-hydrogen) atoms. The van der Waals surface area contributed by atoms with Crippen molar-refractivity contribution in [3.8, 4) is 17.2 Å². The van der Waals surface area contributed by atoms with Gasteiger partial charge in [-0.2, -0.15) is 0 Å². The van der Waals surface area contributed by atoms with Gasteiger partial charge in [0.25, 0.3) is 5.91 Å². The summed E-state index contributed by atoms with van der Waals surface area (Å²) >= 11 is 0. The molecule has 0 aromatic heterocycles. The number of carbonyl (C=O) groups is 1. The Hall–Kier alpha value is -2.69. The van der Waals surface area contributed by atoms with Crippen LogP contribution in [0.4, 0.5) is 0 Å². The molecule has 1 saturated carbocycles. The van der Waals surface area contributed by atoms with E-state index in [-0.39, 0.29) is 11.9 Å². The van der Waals surface area contributed by atoms with E-state index < -0.39 is 0 Å². The Morgan fingerprint density at radius 1 is 1.00 bits per heavy atom. The molecular formula is C21H25NO4. The Labute approximate surface area is 154 Å². The van der Waals surface area contributed by atoms with Gasteiger partial charge in [0, 0.05) is 17.2 Å². The predicted molar refractivity (Wildman–Crippen MR) is 100 cm³/mol. The van der Waals surface area contributed by atoms with Crippen LogP contribution in [0.2, 0.25) is 0 Å². The van der Waals surface area contributed by atoms with Gasteiger partial charge in [0.1, 0.15) is 17.2 Å². The maximum Gasteiger partial charge on any atom is 0.254 e. The van der Waals surface area contributed by atoms with E-state index >= 15 is 0 Å². The minimum atomic E-state index is 0.00988. The molecule has 3 rings (SSSR count). The van der Waals surface area contributed by atoms with Crippen LogP contribution in [0.3, 0.4) is 0 Å². The number of ether oxygens (including phenoxy) is 3. The molecule has 0 radical (unpaired) electrons. The van der Waals surface area contributed by atoms with Gasteiger partial charge < -0.3 is 19.1 Å². The Balaban J connectivity index is 1.90. The zero-order chi connectivity index (χ0) is 18.7. The summed E-state index contributed by atoms with van der Waals surface area (Å²) in [4.78, 5) is 15.1. The van der Waals surface area contributed by atoms with Gasteiger partial charge in [0.2, 0.25) is 0 Å². The second-order valence-electron chi connectivity index (χ2n) is 6.53. The summed E-state index contributed by atoms with van der Waals surface area (Å²) in [6.45, 7) is 2.45. The highest BCUT2D eigenvalue weighted by molar-refractivity contribution is 5.95. The van der Waals surface area contributed by atoms with Crippen LogP contribution in [0.25, 0.3) is 0 Å². The smallest absolute Gasteiger partial charge is 0.254 e. The first-order valence-corrected chi connectivity index (χ1v) is 8.74. The summed E-state index contributed by atoms with van der Waals surface area (Å²) in [6, 6.07) is 11.5. The lowest BCUT2D eigenvalue weighted by molar-refractivity contribution is 0.0728. The van der Waals surface area contributed by atoms with Crippen LogP contribution in [-0.4, -0.2) is 38.2 Å². The highest BCUT2D eigenvalue weighted by Crippen LogP contribution is 2.33. The topological polar surface area (TPSA) is 48.0 Å². The molecule has 0 saturated heterocycles. The first-order chi connectivity index (χ1) is 12.6. The van der Waals surface area contributed by atoms with Gasteiger partial charge >= 0.3 is 0 Å². The lowest BCUT2D eigenvalue weighted by Crippen LogP contribution is -2.32. The molecule has 0 aliphatic heterocycles. The van der Waals surface area contributed by atoms with Gasteiger partial charge in [-0.05, 0) is 55.7 Å². The second-order valence-corrected chi connectivity index (χ2v) is 6.53. The van der Waals surface area contributed by atoms with E-state index in [1.165, 1.54) is 0 Å². The summed E-state index contributed by atoms with van der Waals surface area (Å²) in [5.74, 6) is 2.24. The Bertz CT molecular complexity index is 799. The van der Waals surface area contributed by atoms with E-state index in [9.17, 15) is 4.79 Å². The monoisotopic (exact) mass is 355 g/mol. The minimum Gasteiger partial charge on any atom is -0.497 e. The lowest BCUT2D eigenvalue weighted by atomic mass is 10.1. The van der Waals surface area contributed by atoms with Crippen molar-refractivity contribution in [1.82, 2.24) is 4.90 Å². The zero-order valence-electron chi connectivity index (χ0n) is 15.7. The van der Waals surface area contributed by atoms with Crippen LogP contribution in [0.5, 0.6) is 17.2 Å². The molecule has 1 fully saturated rings. The van der Waals surface area contributed by atoms with Gasteiger partial charge in [-0.25, -0.2) is 0 Å². The third-order valence-electron chi connectivity index (χ3n) is 4.73. The fraction of sp³-hybridized carbons (Fsp3) is 0.381. The molecule has 0 atom stereocenters. The van der Waals surface area contributed by atoms with Gasteiger partial charge in [-0.15, -0.1) is 0 Å². The molecule has 1 amide bonds. The Kier molecular flexibility index (Phi) is 5.35. The molecule has 5 nitrogen and oxygen atoms in total. The van der Waals surface area contributed by atoms with Gasteiger partial charge in [-0.1, -0.05) is 6.07 Å². The van der Waals surface area contributed by atoms with Crippen LogP contribution >= 0.6 is 0 Å². The third kappa shape index (κ3) is 3.77. The number of hydrogen-bond donors (Lipinski definition) is 0. The first kappa shape index (κ1) is 18.1. The molecule has 0 heterocycles. The average molecular weight is 355 g/mol. The highest BCUT2D eigenvalue weighted by atomic mass is 16.5. The summed E-state index contributed by atoms with van der Waals surface area (Å²) < 4.78 is 16.2. The van der Waals surface area contributed by atoms with Crippen molar-refractivity contribution in [2.75, 3.05) is 21.3 Å². The number of benzene rings is 2. The number of rotatable bonds is 7. The number of carbonyl (C=O) groups excluding carboxylic acids is 1. The van der Waals surface area contributed by atoms with E-state index in [4.69, 9.17) is 14.2 Å². The summed E-state index contributed by atoms with van der Waals surface area (Å²) in [5, 5.41) is 0. The number of hydrogen-bond acceptors (Lipinski definition) is 4. The van der Waals surface area contributed by atoms with Crippen LogP contribution < -0.4 is 14.2 Å². The molecule has 0 unspecified atom stereocenters. The normalized spacial score (nSPS) is 13.2. The van der Waals surface area contributed by atoms with Crippen molar-refractivity contribution in [2.45, 2.75) is 32.4 Å². The molecule has 2 aromatic carbocycles. The molecule has 0 bridgehead atoms. The summed E-state index contributed by atoms with van der Waals surface area (Å²) in [5.41, 5.74) is 2.59. The molecule has 138 valence electrons. The third-order valence-corrected chi connectivity index (χ3v) is 4.73. The van der Waals surface area contributed by atoms with Crippen LogP contribution in [0, 0.1) is 6.92 Å². The Morgan fingerprint density at radius 2 is 1.73 bits per heavy atom. The standard InChI is InChI=1S/C21H25NO4/c1-14-5-6-15(12-20(14)26-4)21(23)22(17-7-8-17)13-16-11-18(24-2)9-10-19(16)25-3/h5-6,9-12,17H,7-8,13H2,1-4H3.